The molecule has 4 atom stereocenters. The van der Waals surface area contributed by atoms with Crippen LogP contribution in [0.15, 0.2) is 29.2 Å². The molecule has 0 aromatic heterocycles. The Labute approximate surface area is 137 Å². The average Bonchev–Trinajstić information content (AvgIpc) is 3.17. The second kappa shape index (κ2) is 6.24. The van der Waals surface area contributed by atoms with E-state index in [1.165, 1.54) is 38.5 Å². The third-order valence-corrected chi connectivity index (χ3v) is 6.90. The smallest absolute Gasteiger partial charge is 0.337 e. The zero-order valence-corrected chi connectivity index (χ0v) is 14.3. The maximum atomic E-state index is 12.6. The molecule has 0 aliphatic heterocycles. The lowest BCUT2D eigenvalue weighted by atomic mass is 9.84. The van der Waals surface area contributed by atoms with Crippen LogP contribution in [-0.2, 0) is 14.8 Å². The van der Waals surface area contributed by atoms with Crippen LogP contribution < -0.4 is 4.72 Å². The number of methoxy groups -OCH3 is 1. The molecule has 1 aromatic carbocycles. The van der Waals surface area contributed by atoms with E-state index in [0.29, 0.717) is 11.8 Å². The Balaban J connectivity index is 1.75. The SMILES string of the molecule is COC(=O)c1cccc(S(=O)(=O)N[C@@H](C)[C@@H]2C[C@H]3CC[C@H]2C3)c1. The lowest BCUT2D eigenvalue weighted by molar-refractivity contribution is 0.0600. The van der Waals surface area contributed by atoms with Crippen molar-refractivity contribution in [2.45, 2.75) is 43.5 Å². The Morgan fingerprint density at radius 1 is 1.30 bits per heavy atom. The van der Waals surface area contributed by atoms with Gasteiger partial charge in [-0.3, -0.25) is 0 Å². The van der Waals surface area contributed by atoms with Gasteiger partial charge in [-0.05, 0) is 62.1 Å². The normalized spacial score (nSPS) is 27.8. The first-order valence-corrected chi connectivity index (χ1v) is 9.59. The number of nitrogens with one attached hydrogen (secondary N) is 1. The quantitative estimate of drug-likeness (QED) is 0.838. The number of rotatable bonds is 5. The van der Waals surface area contributed by atoms with Crippen molar-refractivity contribution in [3.8, 4) is 0 Å². The Bertz CT molecular complexity index is 700. The highest BCUT2D eigenvalue weighted by Gasteiger charge is 2.42. The standard InChI is InChI=1S/C17H23NO4S/c1-11(16-9-12-6-7-13(16)8-12)18-23(20,21)15-5-3-4-14(10-15)17(19)22-2/h3-5,10-13,16,18H,6-9H2,1-2H3/t11-,12-,13-,16-/m0/s1. The number of sulfonamides is 1. The van der Waals surface area contributed by atoms with E-state index in [4.69, 9.17) is 0 Å². The van der Waals surface area contributed by atoms with E-state index >= 15 is 0 Å². The van der Waals surface area contributed by atoms with Gasteiger partial charge in [-0.15, -0.1) is 0 Å². The molecule has 0 spiro atoms. The Hall–Kier alpha value is -1.40. The Morgan fingerprint density at radius 3 is 2.70 bits per heavy atom. The monoisotopic (exact) mass is 337 g/mol. The molecule has 23 heavy (non-hydrogen) atoms. The lowest BCUT2D eigenvalue weighted by Crippen LogP contribution is -2.40. The van der Waals surface area contributed by atoms with E-state index in [0.717, 1.165) is 12.3 Å². The van der Waals surface area contributed by atoms with Gasteiger partial charge < -0.3 is 4.74 Å². The van der Waals surface area contributed by atoms with Gasteiger partial charge >= 0.3 is 5.97 Å². The van der Waals surface area contributed by atoms with Crippen LogP contribution >= 0.6 is 0 Å². The van der Waals surface area contributed by atoms with Gasteiger partial charge in [-0.25, -0.2) is 17.9 Å². The van der Waals surface area contributed by atoms with Gasteiger partial charge in [0, 0.05) is 6.04 Å². The molecule has 2 fully saturated rings. The van der Waals surface area contributed by atoms with Crippen LogP contribution in [0.4, 0.5) is 0 Å². The Morgan fingerprint density at radius 2 is 2.09 bits per heavy atom. The minimum Gasteiger partial charge on any atom is -0.465 e. The predicted octanol–water partition coefficient (Wildman–Crippen LogP) is 2.58. The molecule has 6 heteroatoms. The lowest BCUT2D eigenvalue weighted by Gasteiger charge is -2.28. The molecule has 1 N–H and O–H groups in total. The topological polar surface area (TPSA) is 72.5 Å². The molecule has 2 aliphatic carbocycles. The van der Waals surface area contributed by atoms with Crippen molar-refractivity contribution in [1.29, 1.82) is 0 Å². The summed E-state index contributed by atoms with van der Waals surface area (Å²) in [5.74, 6) is 1.31. The summed E-state index contributed by atoms with van der Waals surface area (Å²) in [7, 11) is -2.36. The molecule has 1 aromatic rings. The molecular formula is C17H23NO4S. The minimum atomic E-state index is -3.64. The molecule has 2 saturated carbocycles. The van der Waals surface area contributed by atoms with Crippen molar-refractivity contribution >= 4 is 16.0 Å². The first-order chi connectivity index (χ1) is 10.9. The molecule has 0 amide bonds. The maximum Gasteiger partial charge on any atom is 0.337 e. The fourth-order valence-electron chi connectivity index (χ4n) is 4.21. The van der Waals surface area contributed by atoms with Crippen LogP contribution in [0, 0.1) is 17.8 Å². The summed E-state index contributed by atoms with van der Waals surface area (Å²) in [5, 5.41) is 0. The van der Waals surface area contributed by atoms with Crippen molar-refractivity contribution < 1.29 is 17.9 Å². The summed E-state index contributed by atoms with van der Waals surface area (Å²) in [6, 6.07) is 5.88. The van der Waals surface area contributed by atoms with Gasteiger partial charge in [0.2, 0.25) is 10.0 Å². The fourth-order valence-corrected chi connectivity index (χ4v) is 5.55. The molecule has 0 radical (unpaired) electrons. The van der Waals surface area contributed by atoms with Gasteiger partial charge in [-0.1, -0.05) is 12.5 Å². The first kappa shape index (κ1) is 16.5. The van der Waals surface area contributed by atoms with Gasteiger partial charge in [0.25, 0.3) is 0 Å². The summed E-state index contributed by atoms with van der Waals surface area (Å²) >= 11 is 0. The number of ether oxygens (including phenoxy) is 1. The van der Waals surface area contributed by atoms with Crippen LogP contribution in [0.5, 0.6) is 0 Å². The van der Waals surface area contributed by atoms with Crippen molar-refractivity contribution in [2.24, 2.45) is 17.8 Å². The number of hydrogen-bond acceptors (Lipinski definition) is 4. The summed E-state index contributed by atoms with van der Waals surface area (Å²) < 4.78 is 32.7. The van der Waals surface area contributed by atoms with Gasteiger partial charge in [0.1, 0.15) is 0 Å². The molecule has 2 aliphatic rings. The zero-order chi connectivity index (χ0) is 16.6. The number of esters is 1. The third-order valence-electron chi connectivity index (χ3n) is 5.34. The van der Waals surface area contributed by atoms with E-state index in [1.807, 2.05) is 6.92 Å². The molecule has 126 valence electrons. The molecule has 3 rings (SSSR count). The number of fused-ring (bicyclic) bond motifs is 2. The molecule has 2 bridgehead atoms. The maximum absolute atomic E-state index is 12.6. The summed E-state index contributed by atoms with van der Waals surface area (Å²) in [6.45, 7) is 1.95. The molecular weight excluding hydrogens is 314 g/mol. The number of carbonyl (C=O) groups excluding carboxylic acids is 1. The predicted molar refractivity (Wildman–Crippen MR) is 86.5 cm³/mol. The van der Waals surface area contributed by atoms with Gasteiger partial charge in [0.05, 0.1) is 17.6 Å². The highest BCUT2D eigenvalue weighted by Crippen LogP contribution is 2.49. The van der Waals surface area contributed by atoms with E-state index in [1.54, 1.807) is 12.1 Å². The van der Waals surface area contributed by atoms with Crippen LogP contribution in [0.2, 0.25) is 0 Å². The minimum absolute atomic E-state index is 0.0860. The molecule has 0 heterocycles. The fraction of sp³-hybridized carbons (Fsp3) is 0.588. The first-order valence-electron chi connectivity index (χ1n) is 8.11. The van der Waals surface area contributed by atoms with Crippen LogP contribution in [-0.4, -0.2) is 27.5 Å². The van der Waals surface area contributed by atoms with Crippen LogP contribution in [0.25, 0.3) is 0 Å². The second-order valence-corrected chi connectivity index (χ2v) is 8.48. The van der Waals surface area contributed by atoms with E-state index < -0.39 is 16.0 Å². The number of benzene rings is 1. The second-order valence-electron chi connectivity index (χ2n) is 6.77. The van der Waals surface area contributed by atoms with Crippen LogP contribution in [0.3, 0.4) is 0 Å². The van der Waals surface area contributed by atoms with Gasteiger partial charge in [-0.2, -0.15) is 0 Å². The molecule has 5 nitrogen and oxygen atoms in total. The zero-order valence-electron chi connectivity index (χ0n) is 13.5. The van der Waals surface area contributed by atoms with E-state index in [2.05, 4.69) is 9.46 Å². The van der Waals surface area contributed by atoms with Crippen LogP contribution in [0.1, 0.15) is 43.0 Å². The number of hydrogen-bond donors (Lipinski definition) is 1. The summed E-state index contributed by atoms with van der Waals surface area (Å²) in [5.41, 5.74) is 0.239. The van der Waals surface area contributed by atoms with Gasteiger partial charge in [0.15, 0.2) is 0 Å². The highest BCUT2D eigenvalue weighted by atomic mass is 32.2. The average molecular weight is 337 g/mol. The molecule has 0 saturated heterocycles. The van der Waals surface area contributed by atoms with Crippen molar-refractivity contribution in [2.75, 3.05) is 7.11 Å². The van der Waals surface area contributed by atoms with Crippen molar-refractivity contribution in [3.63, 3.8) is 0 Å². The largest absolute Gasteiger partial charge is 0.465 e. The highest BCUT2D eigenvalue weighted by molar-refractivity contribution is 7.89. The van der Waals surface area contributed by atoms with Crippen molar-refractivity contribution in [1.82, 2.24) is 4.72 Å². The van der Waals surface area contributed by atoms with E-state index in [-0.39, 0.29) is 16.5 Å². The molecule has 0 unspecified atom stereocenters. The third kappa shape index (κ3) is 3.28. The summed E-state index contributed by atoms with van der Waals surface area (Å²) in [6.07, 6.45) is 4.88. The van der Waals surface area contributed by atoms with E-state index in [9.17, 15) is 13.2 Å². The van der Waals surface area contributed by atoms with Crippen molar-refractivity contribution in [3.05, 3.63) is 29.8 Å². The summed E-state index contributed by atoms with van der Waals surface area (Å²) in [4.78, 5) is 11.7. The Kier molecular flexibility index (Phi) is 4.47. The number of carbonyl (C=O) groups is 1.